The van der Waals surface area contributed by atoms with Gasteiger partial charge in [0.2, 0.25) is 0 Å². The molecule has 148 valence electrons. The molecule has 1 heterocycles. The molecule has 5 heteroatoms. The summed E-state index contributed by atoms with van der Waals surface area (Å²) in [5, 5.41) is 9.04. The third kappa shape index (κ3) is 6.35. The van der Waals surface area contributed by atoms with E-state index in [4.69, 9.17) is 14.7 Å². The summed E-state index contributed by atoms with van der Waals surface area (Å²) in [5.41, 5.74) is 1.93. The number of hydrogen-bond acceptors (Lipinski definition) is 5. The van der Waals surface area contributed by atoms with Crippen LogP contribution in [0.4, 0.5) is 0 Å². The maximum atomic E-state index is 9.04. The lowest BCUT2D eigenvalue weighted by molar-refractivity contribution is 0.0221. The third-order valence-corrected chi connectivity index (χ3v) is 5.09. The molecule has 1 fully saturated rings. The van der Waals surface area contributed by atoms with Crippen molar-refractivity contribution in [1.29, 1.82) is 5.26 Å². The van der Waals surface area contributed by atoms with Crippen molar-refractivity contribution >= 4 is 0 Å². The van der Waals surface area contributed by atoms with E-state index in [-0.39, 0.29) is 0 Å². The standard InChI is InChI=1S/C23H29N3O2/c1-20(18-25-10-13-27-14-11-25)26(19-21-6-3-2-4-7-21)12-15-28-23-9-5-8-22(16-23)17-24/h2-9,16,20H,10-15,18-19H2,1H3. The minimum atomic E-state index is 0.410. The molecule has 1 atom stereocenters. The van der Waals surface area contributed by atoms with Crippen LogP contribution in [-0.2, 0) is 11.3 Å². The van der Waals surface area contributed by atoms with E-state index in [1.807, 2.05) is 12.1 Å². The molecule has 1 unspecified atom stereocenters. The van der Waals surface area contributed by atoms with Gasteiger partial charge in [0.1, 0.15) is 12.4 Å². The van der Waals surface area contributed by atoms with Crippen molar-refractivity contribution < 1.29 is 9.47 Å². The van der Waals surface area contributed by atoms with Crippen LogP contribution in [0.2, 0.25) is 0 Å². The van der Waals surface area contributed by atoms with Crippen LogP contribution in [0.5, 0.6) is 5.75 Å². The average Bonchev–Trinajstić information content (AvgIpc) is 2.74. The molecule has 3 rings (SSSR count). The minimum absolute atomic E-state index is 0.410. The van der Waals surface area contributed by atoms with Crippen molar-refractivity contribution in [3.63, 3.8) is 0 Å². The summed E-state index contributed by atoms with van der Waals surface area (Å²) in [5.74, 6) is 0.750. The van der Waals surface area contributed by atoms with Gasteiger partial charge in [0.05, 0.1) is 24.8 Å². The maximum absolute atomic E-state index is 9.04. The second kappa shape index (κ2) is 10.8. The number of rotatable bonds is 9. The molecule has 5 nitrogen and oxygen atoms in total. The number of morpholine rings is 1. The molecule has 1 saturated heterocycles. The number of hydrogen-bond donors (Lipinski definition) is 0. The van der Waals surface area contributed by atoms with Crippen molar-refractivity contribution in [3.05, 3.63) is 65.7 Å². The van der Waals surface area contributed by atoms with Crippen LogP contribution < -0.4 is 4.74 Å². The average molecular weight is 380 g/mol. The van der Waals surface area contributed by atoms with E-state index in [9.17, 15) is 0 Å². The molecule has 0 amide bonds. The first-order chi connectivity index (χ1) is 13.7. The lowest BCUT2D eigenvalue weighted by atomic mass is 10.1. The molecule has 1 aliphatic heterocycles. The number of nitriles is 1. The van der Waals surface area contributed by atoms with Crippen LogP contribution in [0, 0.1) is 11.3 Å². The second-order valence-corrected chi connectivity index (χ2v) is 7.21. The van der Waals surface area contributed by atoms with Crippen molar-refractivity contribution in [2.24, 2.45) is 0 Å². The van der Waals surface area contributed by atoms with E-state index in [1.54, 1.807) is 12.1 Å². The summed E-state index contributed by atoms with van der Waals surface area (Å²) in [6.45, 7) is 9.28. The van der Waals surface area contributed by atoms with E-state index in [1.165, 1.54) is 5.56 Å². The van der Waals surface area contributed by atoms with Crippen molar-refractivity contribution in [3.8, 4) is 11.8 Å². The van der Waals surface area contributed by atoms with Crippen LogP contribution >= 0.6 is 0 Å². The van der Waals surface area contributed by atoms with Gasteiger partial charge in [-0.25, -0.2) is 0 Å². The van der Waals surface area contributed by atoms with Gasteiger partial charge in [-0.05, 0) is 30.7 Å². The van der Waals surface area contributed by atoms with Gasteiger partial charge in [-0.2, -0.15) is 5.26 Å². The Labute approximate surface area is 168 Å². The van der Waals surface area contributed by atoms with Crippen LogP contribution in [0.1, 0.15) is 18.1 Å². The van der Waals surface area contributed by atoms with Crippen LogP contribution in [-0.4, -0.2) is 61.8 Å². The molecule has 0 aliphatic carbocycles. The Bertz CT molecular complexity index is 754. The monoisotopic (exact) mass is 379 g/mol. The zero-order chi connectivity index (χ0) is 19.6. The van der Waals surface area contributed by atoms with Gasteiger partial charge in [-0.15, -0.1) is 0 Å². The highest BCUT2D eigenvalue weighted by molar-refractivity contribution is 5.36. The molecule has 0 radical (unpaired) electrons. The molecule has 0 bridgehead atoms. The Morgan fingerprint density at radius 2 is 1.93 bits per heavy atom. The zero-order valence-electron chi connectivity index (χ0n) is 16.6. The maximum Gasteiger partial charge on any atom is 0.120 e. The SMILES string of the molecule is CC(CN1CCOCC1)N(CCOc1cccc(C#N)c1)Cc1ccccc1. The normalized spacial score (nSPS) is 15.9. The predicted octanol–water partition coefficient (Wildman–Crippen LogP) is 3.16. The van der Waals surface area contributed by atoms with E-state index < -0.39 is 0 Å². The summed E-state index contributed by atoms with van der Waals surface area (Å²) in [7, 11) is 0. The Kier molecular flexibility index (Phi) is 7.86. The van der Waals surface area contributed by atoms with Crippen LogP contribution in [0.3, 0.4) is 0 Å². The summed E-state index contributed by atoms with van der Waals surface area (Å²) < 4.78 is 11.4. The summed E-state index contributed by atoms with van der Waals surface area (Å²) in [6, 6.07) is 20.5. The van der Waals surface area contributed by atoms with Gasteiger partial charge in [0, 0.05) is 38.8 Å². The topological polar surface area (TPSA) is 48.7 Å². The molecule has 2 aromatic rings. The van der Waals surface area contributed by atoms with Gasteiger partial charge in [0.25, 0.3) is 0 Å². The zero-order valence-corrected chi connectivity index (χ0v) is 16.6. The van der Waals surface area contributed by atoms with Gasteiger partial charge >= 0.3 is 0 Å². The van der Waals surface area contributed by atoms with Gasteiger partial charge in [-0.1, -0.05) is 36.4 Å². The van der Waals surface area contributed by atoms with Crippen LogP contribution in [0.25, 0.3) is 0 Å². The first kappa shape index (κ1) is 20.3. The smallest absolute Gasteiger partial charge is 0.120 e. The van der Waals surface area contributed by atoms with Crippen molar-refractivity contribution in [1.82, 2.24) is 9.80 Å². The fraction of sp³-hybridized carbons (Fsp3) is 0.435. The molecule has 0 spiro atoms. The van der Waals surface area contributed by atoms with Crippen LogP contribution in [0.15, 0.2) is 54.6 Å². The largest absolute Gasteiger partial charge is 0.492 e. The summed E-state index contributed by atoms with van der Waals surface area (Å²) in [4.78, 5) is 4.95. The minimum Gasteiger partial charge on any atom is -0.492 e. The Hall–Kier alpha value is -2.39. The summed E-state index contributed by atoms with van der Waals surface area (Å²) in [6.07, 6.45) is 0. The Morgan fingerprint density at radius 3 is 2.68 bits per heavy atom. The Morgan fingerprint density at radius 1 is 1.14 bits per heavy atom. The molecule has 0 saturated carbocycles. The predicted molar refractivity (Wildman–Crippen MR) is 110 cm³/mol. The van der Waals surface area contributed by atoms with E-state index in [0.717, 1.165) is 51.7 Å². The van der Waals surface area contributed by atoms with Gasteiger partial charge in [0.15, 0.2) is 0 Å². The highest BCUT2D eigenvalue weighted by atomic mass is 16.5. The fourth-order valence-electron chi connectivity index (χ4n) is 3.48. The molecular formula is C23H29N3O2. The van der Waals surface area contributed by atoms with E-state index >= 15 is 0 Å². The number of nitrogens with zero attached hydrogens (tertiary/aromatic N) is 3. The van der Waals surface area contributed by atoms with E-state index in [2.05, 4.69) is 53.1 Å². The third-order valence-electron chi connectivity index (χ3n) is 5.09. The molecule has 1 aliphatic rings. The quantitative estimate of drug-likeness (QED) is 0.670. The Balaban J connectivity index is 1.58. The second-order valence-electron chi connectivity index (χ2n) is 7.21. The molecule has 0 aromatic heterocycles. The lowest BCUT2D eigenvalue weighted by Gasteiger charge is -2.35. The molecular weight excluding hydrogens is 350 g/mol. The van der Waals surface area contributed by atoms with Crippen molar-refractivity contribution in [2.45, 2.75) is 19.5 Å². The van der Waals surface area contributed by atoms with E-state index in [0.29, 0.717) is 18.2 Å². The first-order valence-electron chi connectivity index (χ1n) is 9.95. The number of benzene rings is 2. The molecule has 0 N–H and O–H groups in total. The summed E-state index contributed by atoms with van der Waals surface area (Å²) >= 11 is 0. The lowest BCUT2D eigenvalue weighted by Crippen LogP contribution is -2.46. The van der Waals surface area contributed by atoms with Gasteiger partial charge < -0.3 is 9.47 Å². The highest BCUT2D eigenvalue weighted by Crippen LogP contribution is 2.14. The first-order valence-corrected chi connectivity index (χ1v) is 9.95. The van der Waals surface area contributed by atoms with Gasteiger partial charge in [-0.3, -0.25) is 9.80 Å². The highest BCUT2D eigenvalue weighted by Gasteiger charge is 2.19. The van der Waals surface area contributed by atoms with Crippen molar-refractivity contribution in [2.75, 3.05) is 46.0 Å². The fourth-order valence-corrected chi connectivity index (χ4v) is 3.48. The molecule has 2 aromatic carbocycles. The number of ether oxygens (including phenoxy) is 2. The molecule has 28 heavy (non-hydrogen) atoms.